The summed E-state index contributed by atoms with van der Waals surface area (Å²) in [4.78, 5) is 11.2. The van der Waals surface area contributed by atoms with Crippen LogP contribution >= 0.6 is 11.8 Å². The van der Waals surface area contributed by atoms with Gasteiger partial charge in [-0.1, -0.05) is 48.2 Å². The topological polar surface area (TPSA) is 54.5 Å². The molecule has 1 aromatic heterocycles. The molecule has 2 atom stereocenters. The molecule has 6 heteroatoms. The molecule has 1 fully saturated rings. The van der Waals surface area contributed by atoms with Gasteiger partial charge in [0.2, 0.25) is 5.95 Å². The fourth-order valence-electron chi connectivity index (χ4n) is 4.68. The Morgan fingerprint density at radius 1 is 1.13 bits per heavy atom. The third-order valence-electron chi connectivity index (χ3n) is 6.18. The normalized spacial score (nSPS) is 23.2. The molecule has 1 saturated heterocycles. The zero-order valence-electron chi connectivity index (χ0n) is 16.8. The molecule has 0 aliphatic carbocycles. The van der Waals surface area contributed by atoms with Gasteiger partial charge in [0.1, 0.15) is 5.54 Å². The van der Waals surface area contributed by atoms with Gasteiger partial charge in [0.05, 0.1) is 0 Å². The number of nitrogens with zero attached hydrogens (tertiary/aromatic N) is 3. The van der Waals surface area contributed by atoms with Crippen molar-refractivity contribution >= 4 is 22.6 Å². The molecule has 5 rings (SSSR count). The summed E-state index contributed by atoms with van der Waals surface area (Å²) in [6.07, 6.45) is 1.47. The second kappa shape index (κ2) is 7.43. The molecular formula is C24H23FN4S. The predicted octanol–water partition coefficient (Wildman–Crippen LogP) is 4.59. The van der Waals surface area contributed by atoms with Crippen molar-refractivity contribution in [3.05, 3.63) is 83.9 Å². The SMILES string of the molecule is Cc1ccccc1N1C[C@H]2CSC(N)=N[C@@]2(c2cccc(-c3cccnc3F)c2)C1. The van der Waals surface area contributed by atoms with Gasteiger partial charge in [-0.25, -0.2) is 9.98 Å². The fourth-order valence-corrected chi connectivity index (χ4v) is 5.66. The maximum atomic E-state index is 14.3. The number of hydrogen-bond acceptors (Lipinski definition) is 5. The average molecular weight is 419 g/mol. The molecule has 4 nitrogen and oxygen atoms in total. The van der Waals surface area contributed by atoms with Crippen molar-refractivity contribution in [2.45, 2.75) is 12.5 Å². The van der Waals surface area contributed by atoms with E-state index in [-0.39, 0.29) is 0 Å². The van der Waals surface area contributed by atoms with Crippen molar-refractivity contribution in [3.63, 3.8) is 0 Å². The largest absolute Gasteiger partial charge is 0.379 e. The number of anilines is 1. The van der Waals surface area contributed by atoms with Crippen LogP contribution in [0.1, 0.15) is 11.1 Å². The summed E-state index contributed by atoms with van der Waals surface area (Å²) in [5.41, 5.74) is 10.7. The predicted molar refractivity (Wildman–Crippen MR) is 122 cm³/mol. The molecule has 2 aliphatic heterocycles. The smallest absolute Gasteiger partial charge is 0.220 e. The molecule has 2 aliphatic rings. The molecule has 0 radical (unpaired) electrons. The highest BCUT2D eigenvalue weighted by atomic mass is 32.2. The summed E-state index contributed by atoms with van der Waals surface area (Å²) in [5.74, 6) is 0.783. The van der Waals surface area contributed by atoms with E-state index in [1.54, 1.807) is 23.9 Å². The first kappa shape index (κ1) is 19.1. The minimum atomic E-state index is -0.459. The van der Waals surface area contributed by atoms with E-state index in [4.69, 9.17) is 10.7 Å². The van der Waals surface area contributed by atoms with Gasteiger partial charge >= 0.3 is 0 Å². The highest BCUT2D eigenvalue weighted by molar-refractivity contribution is 8.13. The minimum absolute atomic E-state index is 0.323. The lowest BCUT2D eigenvalue weighted by molar-refractivity contribution is 0.388. The first-order chi connectivity index (χ1) is 14.6. The van der Waals surface area contributed by atoms with Gasteiger partial charge in [-0.3, -0.25) is 0 Å². The third-order valence-corrected chi connectivity index (χ3v) is 7.13. The number of aliphatic imine (C=N–C) groups is 1. The summed E-state index contributed by atoms with van der Waals surface area (Å²) in [7, 11) is 0. The number of aryl methyl sites for hydroxylation is 1. The molecule has 30 heavy (non-hydrogen) atoms. The van der Waals surface area contributed by atoms with Gasteiger partial charge < -0.3 is 10.6 Å². The molecule has 2 N–H and O–H groups in total. The van der Waals surface area contributed by atoms with Crippen molar-refractivity contribution in [1.82, 2.24) is 4.98 Å². The van der Waals surface area contributed by atoms with Gasteiger partial charge in [0.15, 0.2) is 5.17 Å². The van der Waals surface area contributed by atoms with Gasteiger partial charge in [-0.15, -0.1) is 0 Å². The van der Waals surface area contributed by atoms with Gasteiger partial charge in [-0.05, 0) is 47.9 Å². The Hall–Kier alpha value is -2.86. The first-order valence-corrected chi connectivity index (χ1v) is 11.1. The van der Waals surface area contributed by atoms with Gasteiger partial charge in [0.25, 0.3) is 0 Å². The summed E-state index contributed by atoms with van der Waals surface area (Å²) < 4.78 is 14.3. The second-order valence-electron chi connectivity index (χ2n) is 7.97. The molecule has 0 unspecified atom stereocenters. The summed E-state index contributed by atoms with van der Waals surface area (Å²) in [6, 6.07) is 20.0. The van der Waals surface area contributed by atoms with Crippen LogP contribution in [0.25, 0.3) is 11.1 Å². The number of fused-ring (bicyclic) bond motifs is 1. The van der Waals surface area contributed by atoms with E-state index in [2.05, 4.69) is 53.2 Å². The number of pyridine rings is 1. The standard InChI is InChI=1S/C24H23FN4S/c1-16-6-2-3-10-21(16)29-13-19-14-30-23(26)28-24(19,15-29)18-8-4-7-17(12-18)20-9-5-11-27-22(20)25/h2-12,19H,13-15H2,1H3,(H2,26,28)/t19-,24+/m0/s1. The Morgan fingerprint density at radius 2 is 2.00 bits per heavy atom. The molecule has 0 bridgehead atoms. The Labute approximate surface area is 180 Å². The van der Waals surface area contributed by atoms with Crippen molar-refractivity contribution in [2.24, 2.45) is 16.6 Å². The highest BCUT2D eigenvalue weighted by Crippen LogP contribution is 2.47. The Morgan fingerprint density at radius 3 is 2.83 bits per heavy atom. The molecule has 2 aromatic carbocycles. The van der Waals surface area contributed by atoms with Crippen molar-refractivity contribution in [1.29, 1.82) is 0 Å². The molecular weight excluding hydrogens is 395 g/mol. The third kappa shape index (κ3) is 3.16. The van der Waals surface area contributed by atoms with E-state index in [9.17, 15) is 4.39 Å². The van der Waals surface area contributed by atoms with Crippen LogP contribution in [0.3, 0.4) is 0 Å². The molecule has 0 amide bonds. The number of para-hydroxylation sites is 1. The van der Waals surface area contributed by atoms with E-state index in [0.29, 0.717) is 16.6 Å². The van der Waals surface area contributed by atoms with E-state index < -0.39 is 11.5 Å². The quantitative estimate of drug-likeness (QED) is 0.632. The number of aromatic nitrogens is 1. The summed E-state index contributed by atoms with van der Waals surface area (Å²) in [6.45, 7) is 3.81. The van der Waals surface area contributed by atoms with Crippen LogP contribution in [-0.2, 0) is 5.54 Å². The number of rotatable bonds is 3. The van der Waals surface area contributed by atoms with Crippen LogP contribution in [0.4, 0.5) is 10.1 Å². The maximum Gasteiger partial charge on any atom is 0.220 e. The van der Waals surface area contributed by atoms with Crippen molar-refractivity contribution in [3.8, 4) is 11.1 Å². The van der Waals surface area contributed by atoms with Crippen LogP contribution in [0.5, 0.6) is 0 Å². The van der Waals surface area contributed by atoms with E-state index >= 15 is 0 Å². The number of thioether (sulfide) groups is 1. The average Bonchev–Trinajstić information content (AvgIpc) is 3.14. The van der Waals surface area contributed by atoms with Crippen LogP contribution in [0.15, 0.2) is 71.9 Å². The lowest BCUT2D eigenvalue weighted by Gasteiger charge is -2.35. The van der Waals surface area contributed by atoms with E-state index in [1.807, 2.05) is 12.1 Å². The Kier molecular flexibility index (Phi) is 4.74. The highest BCUT2D eigenvalue weighted by Gasteiger charge is 2.50. The zero-order valence-corrected chi connectivity index (χ0v) is 17.6. The van der Waals surface area contributed by atoms with Crippen LogP contribution in [0, 0.1) is 18.8 Å². The number of nitrogens with two attached hydrogens (primary N) is 1. The molecule has 3 heterocycles. The minimum Gasteiger partial charge on any atom is -0.379 e. The van der Waals surface area contributed by atoms with E-state index in [1.165, 1.54) is 17.4 Å². The molecule has 0 saturated carbocycles. The second-order valence-corrected chi connectivity index (χ2v) is 9.01. The van der Waals surface area contributed by atoms with Gasteiger partial charge in [0, 0.05) is 42.2 Å². The van der Waals surface area contributed by atoms with Crippen molar-refractivity contribution < 1.29 is 4.39 Å². The number of halogens is 1. The van der Waals surface area contributed by atoms with E-state index in [0.717, 1.165) is 30.0 Å². The number of amidine groups is 1. The van der Waals surface area contributed by atoms with Crippen LogP contribution < -0.4 is 10.6 Å². The zero-order chi connectivity index (χ0) is 20.7. The Balaban J connectivity index is 1.60. The lowest BCUT2D eigenvalue weighted by Crippen LogP contribution is -2.40. The monoisotopic (exact) mass is 418 g/mol. The summed E-state index contributed by atoms with van der Waals surface area (Å²) >= 11 is 1.62. The van der Waals surface area contributed by atoms with Crippen LogP contribution in [0.2, 0.25) is 0 Å². The number of hydrogen-bond donors (Lipinski definition) is 1. The molecule has 0 spiro atoms. The fraction of sp³-hybridized carbons (Fsp3) is 0.250. The first-order valence-electron chi connectivity index (χ1n) is 10.1. The molecule has 3 aromatic rings. The van der Waals surface area contributed by atoms with Crippen molar-refractivity contribution in [2.75, 3.05) is 23.7 Å². The number of benzene rings is 2. The van der Waals surface area contributed by atoms with Crippen LogP contribution in [-0.4, -0.2) is 29.0 Å². The maximum absolute atomic E-state index is 14.3. The lowest BCUT2D eigenvalue weighted by atomic mass is 9.81. The summed E-state index contributed by atoms with van der Waals surface area (Å²) in [5, 5.41) is 0.621. The van der Waals surface area contributed by atoms with Gasteiger partial charge in [-0.2, -0.15) is 4.39 Å². The molecule has 152 valence electrons. The Bertz CT molecular complexity index is 1130.